The number of carboxylic acids is 1. The maximum Gasteiger partial charge on any atom is 0.303 e. The number of allylic oxidation sites excluding steroid dienone is 2. The van der Waals surface area contributed by atoms with Crippen molar-refractivity contribution in [3.63, 3.8) is 0 Å². The van der Waals surface area contributed by atoms with Gasteiger partial charge in [0.1, 0.15) is 0 Å². The van der Waals surface area contributed by atoms with Crippen LogP contribution in [0.5, 0.6) is 0 Å². The lowest BCUT2D eigenvalue weighted by atomic mass is 9.80. The van der Waals surface area contributed by atoms with Crippen LogP contribution in [0.15, 0.2) is 12.2 Å². The van der Waals surface area contributed by atoms with Crippen LogP contribution in [-0.2, 0) is 4.79 Å². The SMILES string of the molecule is CC1C=CC1CCCCCCCC(=O)O. The third-order valence-corrected chi connectivity index (χ3v) is 3.27. The molecule has 2 nitrogen and oxygen atoms in total. The Morgan fingerprint density at radius 2 is 1.80 bits per heavy atom. The monoisotopic (exact) mass is 210 g/mol. The number of carbonyl (C=O) groups is 1. The summed E-state index contributed by atoms with van der Waals surface area (Å²) in [6.07, 6.45) is 11.9. The van der Waals surface area contributed by atoms with Crippen molar-refractivity contribution in [2.45, 2.75) is 51.9 Å². The van der Waals surface area contributed by atoms with Gasteiger partial charge in [0.05, 0.1) is 0 Å². The van der Waals surface area contributed by atoms with Crippen LogP contribution in [0, 0.1) is 11.8 Å². The summed E-state index contributed by atoms with van der Waals surface area (Å²) in [6, 6.07) is 0. The summed E-state index contributed by atoms with van der Waals surface area (Å²) in [4.78, 5) is 10.3. The number of hydrogen-bond acceptors (Lipinski definition) is 1. The van der Waals surface area contributed by atoms with E-state index < -0.39 is 5.97 Å². The molecule has 0 heterocycles. The Bertz CT molecular complexity index is 221. The van der Waals surface area contributed by atoms with Crippen molar-refractivity contribution in [2.75, 3.05) is 0 Å². The second-order valence-electron chi connectivity index (χ2n) is 4.61. The Balaban J connectivity index is 1.81. The lowest BCUT2D eigenvalue weighted by Gasteiger charge is -2.25. The quantitative estimate of drug-likeness (QED) is 0.490. The molecule has 1 aliphatic rings. The number of unbranched alkanes of at least 4 members (excludes halogenated alkanes) is 4. The zero-order valence-corrected chi connectivity index (χ0v) is 9.61. The molecule has 1 N–H and O–H groups in total. The number of hydrogen-bond donors (Lipinski definition) is 1. The lowest BCUT2D eigenvalue weighted by Crippen LogP contribution is -2.14. The van der Waals surface area contributed by atoms with Gasteiger partial charge in [-0.05, 0) is 24.7 Å². The number of rotatable bonds is 8. The highest BCUT2D eigenvalue weighted by atomic mass is 16.4. The van der Waals surface area contributed by atoms with E-state index in [0.717, 1.165) is 24.7 Å². The van der Waals surface area contributed by atoms with Crippen LogP contribution in [-0.4, -0.2) is 11.1 Å². The van der Waals surface area contributed by atoms with Gasteiger partial charge in [-0.25, -0.2) is 0 Å². The van der Waals surface area contributed by atoms with Gasteiger partial charge in [0.2, 0.25) is 0 Å². The molecule has 0 saturated heterocycles. The summed E-state index contributed by atoms with van der Waals surface area (Å²) in [5.41, 5.74) is 0. The standard InChI is InChI=1S/C13H22O2/c1-11-9-10-12(11)7-5-3-2-4-6-8-13(14)15/h9-12H,2-8H2,1H3,(H,14,15). The van der Waals surface area contributed by atoms with Crippen molar-refractivity contribution >= 4 is 5.97 Å². The zero-order valence-electron chi connectivity index (χ0n) is 9.61. The van der Waals surface area contributed by atoms with Gasteiger partial charge in [-0.15, -0.1) is 0 Å². The molecule has 0 bridgehead atoms. The Kier molecular flexibility index (Phi) is 5.44. The molecular formula is C13H22O2. The van der Waals surface area contributed by atoms with Gasteiger partial charge in [-0.3, -0.25) is 4.79 Å². The highest BCUT2D eigenvalue weighted by Crippen LogP contribution is 2.29. The van der Waals surface area contributed by atoms with Crippen LogP contribution in [0.25, 0.3) is 0 Å². The molecule has 2 atom stereocenters. The molecule has 86 valence electrons. The van der Waals surface area contributed by atoms with Crippen molar-refractivity contribution in [1.29, 1.82) is 0 Å². The summed E-state index contributed by atoms with van der Waals surface area (Å²) in [5.74, 6) is 0.949. The normalized spacial score (nSPS) is 23.8. The predicted molar refractivity (Wildman–Crippen MR) is 61.7 cm³/mol. The minimum absolute atomic E-state index is 0.336. The summed E-state index contributed by atoms with van der Waals surface area (Å²) in [5, 5.41) is 8.45. The Morgan fingerprint density at radius 3 is 2.33 bits per heavy atom. The number of aliphatic carboxylic acids is 1. The third kappa shape index (κ3) is 5.01. The minimum atomic E-state index is -0.663. The van der Waals surface area contributed by atoms with Crippen molar-refractivity contribution in [3.05, 3.63) is 12.2 Å². The van der Waals surface area contributed by atoms with Gasteiger partial charge in [0.15, 0.2) is 0 Å². The molecular weight excluding hydrogens is 188 g/mol. The highest BCUT2D eigenvalue weighted by Gasteiger charge is 2.18. The number of carboxylic acid groups (broad SMARTS) is 1. The van der Waals surface area contributed by atoms with Crippen molar-refractivity contribution < 1.29 is 9.90 Å². The molecule has 0 spiro atoms. The van der Waals surface area contributed by atoms with Crippen LogP contribution in [0.4, 0.5) is 0 Å². The van der Waals surface area contributed by atoms with Crippen LogP contribution in [0.3, 0.4) is 0 Å². The van der Waals surface area contributed by atoms with E-state index in [2.05, 4.69) is 19.1 Å². The fourth-order valence-corrected chi connectivity index (χ4v) is 2.04. The van der Waals surface area contributed by atoms with Crippen molar-refractivity contribution in [2.24, 2.45) is 11.8 Å². The van der Waals surface area contributed by atoms with Gasteiger partial charge < -0.3 is 5.11 Å². The van der Waals surface area contributed by atoms with E-state index >= 15 is 0 Å². The first-order valence-electron chi connectivity index (χ1n) is 6.10. The Hall–Kier alpha value is -0.790. The van der Waals surface area contributed by atoms with Crippen molar-refractivity contribution in [3.8, 4) is 0 Å². The third-order valence-electron chi connectivity index (χ3n) is 3.27. The molecule has 0 amide bonds. The molecule has 0 aromatic rings. The van der Waals surface area contributed by atoms with Crippen molar-refractivity contribution in [1.82, 2.24) is 0 Å². The van der Waals surface area contributed by atoms with Gasteiger partial charge in [-0.2, -0.15) is 0 Å². The first-order chi connectivity index (χ1) is 7.20. The fourth-order valence-electron chi connectivity index (χ4n) is 2.04. The Labute approximate surface area is 92.4 Å². The molecule has 0 aromatic carbocycles. The van der Waals surface area contributed by atoms with Gasteiger partial charge in [0.25, 0.3) is 0 Å². The molecule has 2 heteroatoms. The van der Waals surface area contributed by atoms with Crippen LogP contribution < -0.4 is 0 Å². The summed E-state index contributed by atoms with van der Waals surface area (Å²) < 4.78 is 0. The molecule has 2 unspecified atom stereocenters. The Morgan fingerprint density at radius 1 is 1.13 bits per heavy atom. The fraction of sp³-hybridized carbons (Fsp3) is 0.769. The van der Waals surface area contributed by atoms with E-state index in [4.69, 9.17) is 5.11 Å². The molecule has 0 fully saturated rings. The van der Waals surface area contributed by atoms with E-state index in [1.165, 1.54) is 25.7 Å². The average molecular weight is 210 g/mol. The maximum absolute atomic E-state index is 10.3. The second-order valence-corrected chi connectivity index (χ2v) is 4.61. The van der Waals surface area contributed by atoms with E-state index in [-0.39, 0.29) is 0 Å². The van der Waals surface area contributed by atoms with Gasteiger partial charge >= 0.3 is 5.97 Å². The summed E-state index contributed by atoms with van der Waals surface area (Å²) in [7, 11) is 0. The van der Waals surface area contributed by atoms with Crippen LogP contribution >= 0.6 is 0 Å². The maximum atomic E-state index is 10.3. The smallest absolute Gasteiger partial charge is 0.303 e. The largest absolute Gasteiger partial charge is 0.481 e. The first kappa shape index (κ1) is 12.3. The minimum Gasteiger partial charge on any atom is -0.481 e. The van der Waals surface area contributed by atoms with Gasteiger partial charge in [0, 0.05) is 6.42 Å². The van der Waals surface area contributed by atoms with E-state index in [9.17, 15) is 4.79 Å². The molecule has 1 rings (SSSR count). The second kappa shape index (κ2) is 6.65. The molecule has 0 radical (unpaired) electrons. The lowest BCUT2D eigenvalue weighted by molar-refractivity contribution is -0.137. The molecule has 1 aliphatic carbocycles. The van der Waals surface area contributed by atoms with Crippen LogP contribution in [0.1, 0.15) is 51.9 Å². The van der Waals surface area contributed by atoms with Gasteiger partial charge in [-0.1, -0.05) is 44.8 Å². The molecule has 15 heavy (non-hydrogen) atoms. The average Bonchev–Trinajstić information content (AvgIpc) is 2.19. The zero-order chi connectivity index (χ0) is 11.1. The van der Waals surface area contributed by atoms with E-state index in [1.807, 2.05) is 0 Å². The van der Waals surface area contributed by atoms with Crippen LogP contribution in [0.2, 0.25) is 0 Å². The summed E-state index contributed by atoms with van der Waals surface area (Å²) >= 11 is 0. The van der Waals surface area contributed by atoms with E-state index in [0.29, 0.717) is 6.42 Å². The topological polar surface area (TPSA) is 37.3 Å². The predicted octanol–water partition coefficient (Wildman–Crippen LogP) is 3.62. The van der Waals surface area contributed by atoms with E-state index in [1.54, 1.807) is 0 Å². The highest BCUT2D eigenvalue weighted by molar-refractivity contribution is 5.66. The molecule has 0 aliphatic heterocycles. The molecule has 0 aromatic heterocycles. The summed E-state index contributed by atoms with van der Waals surface area (Å²) in [6.45, 7) is 2.28. The molecule has 0 saturated carbocycles. The first-order valence-corrected chi connectivity index (χ1v) is 6.10.